The third kappa shape index (κ3) is 3.02. The fraction of sp³-hybridized carbons (Fsp3) is 0.562. The smallest absolute Gasteiger partial charge is 0.320 e. The Morgan fingerprint density at radius 2 is 2.05 bits per heavy atom. The van der Waals surface area contributed by atoms with E-state index in [1.165, 1.54) is 5.56 Å². The summed E-state index contributed by atoms with van der Waals surface area (Å²) in [4.78, 5) is 13.1. The molecule has 20 heavy (non-hydrogen) atoms. The van der Waals surface area contributed by atoms with Gasteiger partial charge in [0, 0.05) is 6.04 Å². The van der Waals surface area contributed by atoms with Crippen LogP contribution in [-0.2, 0) is 11.2 Å². The molecular formula is C16H23NO3. The monoisotopic (exact) mass is 277 g/mol. The van der Waals surface area contributed by atoms with Crippen LogP contribution in [-0.4, -0.2) is 39.7 Å². The van der Waals surface area contributed by atoms with E-state index in [0.717, 1.165) is 24.9 Å². The lowest BCUT2D eigenvalue weighted by Crippen LogP contribution is -2.44. The molecular weight excluding hydrogens is 254 g/mol. The molecule has 1 aliphatic heterocycles. The highest BCUT2D eigenvalue weighted by atomic mass is 16.4. The van der Waals surface area contributed by atoms with Crippen LogP contribution in [0.2, 0.25) is 0 Å². The average molecular weight is 277 g/mol. The summed E-state index contributed by atoms with van der Waals surface area (Å²) < 4.78 is 0. The van der Waals surface area contributed by atoms with Crippen LogP contribution in [0.15, 0.2) is 24.3 Å². The molecule has 3 atom stereocenters. The third-order valence-electron chi connectivity index (χ3n) is 4.29. The molecule has 110 valence electrons. The maximum absolute atomic E-state index is 11.2. The molecule has 1 aromatic rings. The summed E-state index contributed by atoms with van der Waals surface area (Å²) in [5, 5.41) is 19.7. The molecule has 0 aliphatic carbocycles. The Kier molecular flexibility index (Phi) is 4.78. The van der Waals surface area contributed by atoms with E-state index in [-0.39, 0.29) is 6.04 Å². The molecule has 4 heteroatoms. The molecule has 0 radical (unpaired) electrons. The van der Waals surface area contributed by atoms with E-state index >= 15 is 0 Å². The van der Waals surface area contributed by atoms with E-state index in [1.54, 1.807) is 0 Å². The Morgan fingerprint density at radius 1 is 1.40 bits per heavy atom. The van der Waals surface area contributed by atoms with Gasteiger partial charge in [0.2, 0.25) is 0 Å². The van der Waals surface area contributed by atoms with Crippen molar-refractivity contribution in [2.75, 3.05) is 6.54 Å². The predicted octanol–water partition coefficient (Wildman–Crippen LogP) is 2.22. The van der Waals surface area contributed by atoms with Crippen molar-refractivity contribution in [2.45, 2.75) is 51.3 Å². The molecule has 1 aliphatic rings. The zero-order valence-corrected chi connectivity index (χ0v) is 12.1. The number of hydrogen-bond donors (Lipinski definition) is 2. The fourth-order valence-electron chi connectivity index (χ4n) is 2.95. The second-order valence-corrected chi connectivity index (χ2v) is 5.51. The van der Waals surface area contributed by atoms with Gasteiger partial charge in [-0.1, -0.05) is 31.2 Å². The number of carboxylic acids is 1. The first-order valence-electron chi connectivity index (χ1n) is 7.30. The van der Waals surface area contributed by atoms with E-state index in [2.05, 4.69) is 6.92 Å². The van der Waals surface area contributed by atoms with Crippen LogP contribution in [0.3, 0.4) is 0 Å². The predicted molar refractivity (Wildman–Crippen MR) is 77.6 cm³/mol. The molecule has 0 spiro atoms. The minimum Gasteiger partial charge on any atom is -0.480 e. The number of likely N-dealkylation sites (tertiary alicyclic amines) is 1. The van der Waals surface area contributed by atoms with Crippen molar-refractivity contribution < 1.29 is 15.0 Å². The van der Waals surface area contributed by atoms with Crippen LogP contribution in [0.4, 0.5) is 0 Å². The van der Waals surface area contributed by atoms with E-state index < -0.39 is 18.1 Å². The Hall–Kier alpha value is -1.39. The molecule has 1 saturated heterocycles. The van der Waals surface area contributed by atoms with Crippen LogP contribution < -0.4 is 0 Å². The third-order valence-corrected chi connectivity index (χ3v) is 4.29. The fourth-order valence-corrected chi connectivity index (χ4v) is 2.95. The first-order valence-corrected chi connectivity index (χ1v) is 7.30. The summed E-state index contributed by atoms with van der Waals surface area (Å²) in [5.74, 6) is -0.789. The van der Waals surface area contributed by atoms with Gasteiger partial charge in [-0.25, -0.2) is 0 Å². The van der Waals surface area contributed by atoms with Gasteiger partial charge in [0.1, 0.15) is 6.04 Å². The second kappa shape index (κ2) is 6.37. The van der Waals surface area contributed by atoms with Crippen molar-refractivity contribution in [1.29, 1.82) is 0 Å². The van der Waals surface area contributed by atoms with Crippen LogP contribution in [0.5, 0.6) is 0 Å². The first-order chi connectivity index (χ1) is 9.54. The standard InChI is InChI=1S/C16H23NO3/c1-3-12-6-8-13(9-7-12)15(18)11(2)17-10-4-5-14(17)16(19)20/h6-9,11,14-15,18H,3-5,10H2,1-2H3,(H,19,20). The highest BCUT2D eigenvalue weighted by Gasteiger charge is 2.36. The molecule has 1 aromatic carbocycles. The van der Waals surface area contributed by atoms with Crippen molar-refractivity contribution in [2.24, 2.45) is 0 Å². The van der Waals surface area contributed by atoms with E-state index in [1.807, 2.05) is 36.1 Å². The summed E-state index contributed by atoms with van der Waals surface area (Å²) in [6, 6.07) is 7.26. The maximum Gasteiger partial charge on any atom is 0.320 e. The van der Waals surface area contributed by atoms with E-state index in [4.69, 9.17) is 0 Å². The normalized spacial score (nSPS) is 22.6. The van der Waals surface area contributed by atoms with Crippen molar-refractivity contribution >= 4 is 5.97 Å². The number of nitrogens with zero attached hydrogens (tertiary/aromatic N) is 1. The Bertz CT molecular complexity index is 457. The first kappa shape index (κ1) is 15.0. The highest BCUT2D eigenvalue weighted by molar-refractivity contribution is 5.73. The lowest BCUT2D eigenvalue weighted by atomic mass is 10.00. The minimum absolute atomic E-state index is 0.189. The number of rotatable bonds is 5. The van der Waals surface area contributed by atoms with Crippen LogP contribution in [0, 0.1) is 0 Å². The van der Waals surface area contributed by atoms with Crippen LogP contribution >= 0.6 is 0 Å². The molecule has 0 saturated carbocycles. The van der Waals surface area contributed by atoms with Gasteiger partial charge in [-0.15, -0.1) is 0 Å². The quantitative estimate of drug-likeness (QED) is 0.866. The lowest BCUT2D eigenvalue weighted by molar-refractivity contribution is -0.143. The molecule has 3 unspecified atom stereocenters. The van der Waals surface area contributed by atoms with Crippen molar-refractivity contribution in [3.63, 3.8) is 0 Å². The number of aliphatic carboxylic acids is 1. The van der Waals surface area contributed by atoms with Crippen molar-refractivity contribution in [1.82, 2.24) is 4.90 Å². The summed E-state index contributed by atoms with van der Waals surface area (Å²) in [7, 11) is 0. The SMILES string of the molecule is CCc1ccc(C(O)C(C)N2CCCC2C(=O)O)cc1. The molecule has 0 bridgehead atoms. The summed E-state index contributed by atoms with van der Waals surface area (Å²) in [6.07, 6.45) is 1.86. The highest BCUT2D eigenvalue weighted by Crippen LogP contribution is 2.28. The van der Waals surface area contributed by atoms with Crippen LogP contribution in [0.25, 0.3) is 0 Å². The largest absolute Gasteiger partial charge is 0.480 e. The summed E-state index contributed by atoms with van der Waals surface area (Å²) in [6.45, 7) is 4.73. The molecule has 1 fully saturated rings. The Labute approximate surface area is 120 Å². The molecule has 2 rings (SSSR count). The lowest BCUT2D eigenvalue weighted by Gasteiger charge is -2.32. The summed E-state index contributed by atoms with van der Waals surface area (Å²) in [5.41, 5.74) is 2.09. The number of aliphatic hydroxyl groups is 1. The second-order valence-electron chi connectivity index (χ2n) is 5.51. The van der Waals surface area contributed by atoms with E-state index in [9.17, 15) is 15.0 Å². The Balaban J connectivity index is 2.10. The zero-order chi connectivity index (χ0) is 14.7. The topological polar surface area (TPSA) is 60.8 Å². The molecule has 2 N–H and O–H groups in total. The maximum atomic E-state index is 11.2. The molecule has 4 nitrogen and oxygen atoms in total. The summed E-state index contributed by atoms with van der Waals surface area (Å²) >= 11 is 0. The number of aryl methyl sites for hydroxylation is 1. The van der Waals surface area contributed by atoms with Gasteiger partial charge in [0.05, 0.1) is 6.10 Å². The number of carbonyl (C=O) groups is 1. The number of carboxylic acid groups (broad SMARTS) is 1. The number of aliphatic hydroxyl groups excluding tert-OH is 1. The minimum atomic E-state index is -0.789. The zero-order valence-electron chi connectivity index (χ0n) is 12.1. The van der Waals surface area contributed by atoms with Crippen molar-refractivity contribution in [3.8, 4) is 0 Å². The van der Waals surface area contributed by atoms with Crippen LogP contribution in [0.1, 0.15) is 43.9 Å². The van der Waals surface area contributed by atoms with Gasteiger partial charge in [0.15, 0.2) is 0 Å². The van der Waals surface area contributed by atoms with Gasteiger partial charge < -0.3 is 10.2 Å². The number of benzene rings is 1. The van der Waals surface area contributed by atoms with Gasteiger partial charge in [-0.3, -0.25) is 9.69 Å². The number of hydrogen-bond acceptors (Lipinski definition) is 3. The van der Waals surface area contributed by atoms with Gasteiger partial charge in [-0.2, -0.15) is 0 Å². The average Bonchev–Trinajstić information content (AvgIpc) is 2.95. The van der Waals surface area contributed by atoms with Crippen molar-refractivity contribution in [3.05, 3.63) is 35.4 Å². The molecule has 1 heterocycles. The Morgan fingerprint density at radius 3 is 2.60 bits per heavy atom. The van der Waals surface area contributed by atoms with Gasteiger partial charge in [-0.05, 0) is 43.9 Å². The molecule has 0 amide bonds. The van der Waals surface area contributed by atoms with E-state index in [0.29, 0.717) is 6.42 Å². The van der Waals surface area contributed by atoms with Gasteiger partial charge in [0.25, 0.3) is 0 Å². The van der Waals surface area contributed by atoms with Gasteiger partial charge >= 0.3 is 5.97 Å². The molecule has 0 aromatic heterocycles.